The standard InChI is InChI=1S/C37H40FN3O5S/c1-2-46-32-21-23-33(24-22-32)47(44,45)41(31-18-7-4-8-19-31)27-36(42)40(26-29-15-9-12-20-34(29)38)35(25-28-13-5-3-6-14-28)37(43)39-30-16-10-11-17-30/h3-9,12-15,18-24,30,35H,2,10-11,16-17,25-27H2,1H3,(H,39,43). The molecule has 1 fully saturated rings. The molecule has 1 N–H and O–H groups in total. The number of nitrogens with zero attached hydrogens (tertiary/aromatic N) is 2. The lowest BCUT2D eigenvalue weighted by atomic mass is 10.0. The number of sulfonamides is 1. The zero-order valence-corrected chi connectivity index (χ0v) is 27.2. The Kier molecular flexibility index (Phi) is 11.3. The van der Waals surface area contributed by atoms with Gasteiger partial charge in [-0.05, 0) is 67.8 Å². The van der Waals surface area contributed by atoms with Gasteiger partial charge in [-0.25, -0.2) is 12.8 Å². The molecule has 4 aromatic carbocycles. The number of benzene rings is 4. The van der Waals surface area contributed by atoms with Crippen molar-refractivity contribution >= 4 is 27.5 Å². The fourth-order valence-electron chi connectivity index (χ4n) is 5.86. The van der Waals surface area contributed by atoms with Crippen LogP contribution in [0.1, 0.15) is 43.7 Å². The molecule has 0 heterocycles. The van der Waals surface area contributed by atoms with Crippen LogP contribution in [0.3, 0.4) is 0 Å². The van der Waals surface area contributed by atoms with Crippen LogP contribution in [0.5, 0.6) is 5.75 Å². The molecule has 1 aliphatic rings. The molecule has 1 atom stereocenters. The van der Waals surface area contributed by atoms with Crippen LogP contribution in [0.25, 0.3) is 0 Å². The van der Waals surface area contributed by atoms with Crippen LogP contribution < -0.4 is 14.4 Å². The molecule has 47 heavy (non-hydrogen) atoms. The van der Waals surface area contributed by atoms with Crippen LogP contribution in [0.2, 0.25) is 0 Å². The van der Waals surface area contributed by atoms with Crippen molar-refractivity contribution in [2.45, 2.75) is 62.6 Å². The van der Waals surface area contributed by atoms with Crippen molar-refractivity contribution in [2.24, 2.45) is 0 Å². The average molecular weight is 658 g/mol. The molecule has 8 nitrogen and oxygen atoms in total. The van der Waals surface area contributed by atoms with Crippen molar-refractivity contribution in [3.8, 4) is 5.75 Å². The molecule has 2 amide bonds. The number of anilines is 1. The maximum atomic E-state index is 15.1. The third-order valence-electron chi connectivity index (χ3n) is 8.32. The largest absolute Gasteiger partial charge is 0.494 e. The van der Waals surface area contributed by atoms with Crippen molar-refractivity contribution in [3.63, 3.8) is 0 Å². The highest BCUT2D eigenvalue weighted by Crippen LogP contribution is 2.27. The van der Waals surface area contributed by atoms with E-state index in [1.165, 1.54) is 23.1 Å². The van der Waals surface area contributed by atoms with Gasteiger partial charge in [-0.15, -0.1) is 0 Å². The Hall–Kier alpha value is -4.70. The van der Waals surface area contributed by atoms with Gasteiger partial charge in [-0.2, -0.15) is 0 Å². The number of para-hydroxylation sites is 1. The molecule has 4 aromatic rings. The molecule has 0 saturated heterocycles. The maximum absolute atomic E-state index is 15.1. The summed E-state index contributed by atoms with van der Waals surface area (Å²) in [6.45, 7) is 1.41. The zero-order valence-electron chi connectivity index (χ0n) is 26.4. The molecule has 0 aromatic heterocycles. The first-order valence-electron chi connectivity index (χ1n) is 15.9. The first kappa shape index (κ1) is 33.7. The van der Waals surface area contributed by atoms with Crippen LogP contribution in [0, 0.1) is 5.82 Å². The highest BCUT2D eigenvalue weighted by molar-refractivity contribution is 7.92. The number of amides is 2. The van der Waals surface area contributed by atoms with Crippen LogP contribution in [0.15, 0.2) is 114 Å². The first-order chi connectivity index (χ1) is 22.8. The number of carbonyl (C=O) groups excluding carboxylic acids is 2. The Labute approximate surface area is 276 Å². The number of halogens is 1. The highest BCUT2D eigenvalue weighted by atomic mass is 32.2. The molecule has 10 heteroatoms. The van der Waals surface area contributed by atoms with Gasteiger partial charge in [0.15, 0.2) is 0 Å². The molecule has 0 spiro atoms. The predicted molar refractivity (Wildman–Crippen MR) is 180 cm³/mol. The molecule has 0 bridgehead atoms. The van der Waals surface area contributed by atoms with Crippen LogP contribution in [0.4, 0.5) is 10.1 Å². The maximum Gasteiger partial charge on any atom is 0.264 e. The van der Waals surface area contributed by atoms with E-state index in [2.05, 4.69) is 5.32 Å². The quantitative estimate of drug-likeness (QED) is 0.176. The Balaban J connectivity index is 1.54. The first-order valence-corrected chi connectivity index (χ1v) is 17.4. The van der Waals surface area contributed by atoms with E-state index in [4.69, 9.17) is 4.74 Å². The number of hydrogen-bond donors (Lipinski definition) is 1. The molecule has 1 saturated carbocycles. The van der Waals surface area contributed by atoms with Crippen molar-refractivity contribution in [2.75, 3.05) is 17.5 Å². The van der Waals surface area contributed by atoms with E-state index in [-0.39, 0.29) is 41.1 Å². The molecule has 0 aliphatic heterocycles. The van der Waals surface area contributed by atoms with Gasteiger partial charge in [0.25, 0.3) is 10.0 Å². The minimum Gasteiger partial charge on any atom is -0.494 e. The van der Waals surface area contributed by atoms with E-state index in [0.29, 0.717) is 12.4 Å². The van der Waals surface area contributed by atoms with E-state index in [1.54, 1.807) is 60.7 Å². The summed E-state index contributed by atoms with van der Waals surface area (Å²) in [7, 11) is -4.26. The van der Waals surface area contributed by atoms with Gasteiger partial charge in [0.05, 0.1) is 17.2 Å². The predicted octanol–water partition coefficient (Wildman–Crippen LogP) is 6.12. The third-order valence-corrected chi connectivity index (χ3v) is 10.1. The van der Waals surface area contributed by atoms with Gasteiger partial charge in [0, 0.05) is 24.6 Å². The lowest BCUT2D eigenvalue weighted by Crippen LogP contribution is -2.54. The Morgan fingerprint density at radius 3 is 2.13 bits per heavy atom. The van der Waals surface area contributed by atoms with Crippen LogP contribution >= 0.6 is 0 Å². The second-order valence-electron chi connectivity index (χ2n) is 11.6. The second kappa shape index (κ2) is 15.7. The molecular weight excluding hydrogens is 617 g/mol. The minimum atomic E-state index is -4.26. The number of ether oxygens (including phenoxy) is 1. The van der Waals surface area contributed by atoms with Crippen molar-refractivity contribution in [1.82, 2.24) is 10.2 Å². The van der Waals surface area contributed by atoms with E-state index in [1.807, 2.05) is 37.3 Å². The van der Waals surface area contributed by atoms with E-state index >= 15 is 4.39 Å². The molecule has 5 rings (SSSR count). The van der Waals surface area contributed by atoms with Gasteiger partial charge in [-0.1, -0.05) is 79.6 Å². The third kappa shape index (κ3) is 8.56. The summed E-state index contributed by atoms with van der Waals surface area (Å²) in [5.74, 6) is -1.01. The van der Waals surface area contributed by atoms with Gasteiger partial charge >= 0.3 is 0 Å². The summed E-state index contributed by atoms with van der Waals surface area (Å²) >= 11 is 0. The summed E-state index contributed by atoms with van der Waals surface area (Å²) in [5.41, 5.74) is 1.30. The summed E-state index contributed by atoms with van der Waals surface area (Å²) in [4.78, 5) is 29.9. The van der Waals surface area contributed by atoms with Gasteiger partial charge in [0.1, 0.15) is 24.2 Å². The smallest absolute Gasteiger partial charge is 0.264 e. The molecule has 1 aliphatic carbocycles. The summed E-state index contributed by atoms with van der Waals surface area (Å²) in [5, 5.41) is 3.12. The molecule has 246 valence electrons. The number of carbonyl (C=O) groups is 2. The lowest BCUT2D eigenvalue weighted by molar-refractivity contribution is -0.140. The summed E-state index contributed by atoms with van der Waals surface area (Å²) < 4.78 is 50.0. The van der Waals surface area contributed by atoms with Gasteiger partial charge < -0.3 is 15.0 Å². The normalized spacial score (nSPS) is 13.9. The van der Waals surface area contributed by atoms with E-state index in [9.17, 15) is 18.0 Å². The van der Waals surface area contributed by atoms with Crippen molar-refractivity contribution in [3.05, 3.63) is 126 Å². The Morgan fingerprint density at radius 1 is 0.872 bits per heavy atom. The van der Waals surface area contributed by atoms with E-state index in [0.717, 1.165) is 35.6 Å². The highest BCUT2D eigenvalue weighted by Gasteiger charge is 2.36. The number of nitrogens with one attached hydrogen (secondary N) is 1. The van der Waals surface area contributed by atoms with Crippen molar-refractivity contribution in [1.29, 1.82) is 0 Å². The minimum absolute atomic E-state index is 0.0213. The fraction of sp³-hybridized carbons (Fsp3) is 0.297. The average Bonchev–Trinajstić information content (AvgIpc) is 3.60. The topological polar surface area (TPSA) is 96.0 Å². The van der Waals surface area contributed by atoms with Gasteiger partial charge in [-0.3, -0.25) is 13.9 Å². The van der Waals surface area contributed by atoms with Crippen molar-refractivity contribution < 1.29 is 27.1 Å². The van der Waals surface area contributed by atoms with Crippen LogP contribution in [-0.4, -0.2) is 50.4 Å². The molecule has 1 unspecified atom stereocenters. The summed E-state index contributed by atoms with van der Waals surface area (Å²) in [6.07, 6.45) is 3.85. The monoisotopic (exact) mass is 657 g/mol. The number of rotatable bonds is 14. The second-order valence-corrected chi connectivity index (χ2v) is 13.4. The Morgan fingerprint density at radius 2 is 1.49 bits per heavy atom. The van der Waals surface area contributed by atoms with Gasteiger partial charge in [0.2, 0.25) is 11.8 Å². The molecular formula is C37H40FN3O5S. The summed E-state index contributed by atoms with van der Waals surface area (Å²) in [6, 6.07) is 28.7. The Bertz CT molecular complexity index is 1730. The lowest BCUT2D eigenvalue weighted by Gasteiger charge is -2.34. The van der Waals surface area contributed by atoms with Crippen LogP contribution in [-0.2, 0) is 32.6 Å². The SMILES string of the molecule is CCOc1ccc(S(=O)(=O)N(CC(=O)N(Cc2ccccc2F)C(Cc2ccccc2)C(=O)NC2CCCC2)c2ccccc2)cc1. The van der Waals surface area contributed by atoms with E-state index < -0.39 is 34.3 Å². The molecule has 0 radical (unpaired) electrons. The number of hydrogen-bond acceptors (Lipinski definition) is 5. The fourth-order valence-corrected chi connectivity index (χ4v) is 7.27. The zero-order chi connectivity index (χ0) is 33.2.